The first-order valence-corrected chi connectivity index (χ1v) is 11.4. The van der Waals surface area contributed by atoms with Gasteiger partial charge < -0.3 is 10.6 Å². The predicted molar refractivity (Wildman–Crippen MR) is 130 cm³/mol. The van der Waals surface area contributed by atoms with Crippen molar-refractivity contribution in [3.05, 3.63) is 88.4 Å². The number of amides is 2. The molecule has 2 amide bonds. The summed E-state index contributed by atoms with van der Waals surface area (Å²) < 4.78 is 0. The molecule has 0 fully saturated rings. The number of rotatable bonds is 8. The first kappa shape index (κ1) is 23.2. The number of benzene rings is 3. The van der Waals surface area contributed by atoms with E-state index in [0.717, 1.165) is 10.5 Å². The molecule has 3 aromatic carbocycles. The van der Waals surface area contributed by atoms with Crippen LogP contribution in [0.25, 0.3) is 0 Å². The topological polar surface area (TPSA) is 58.2 Å². The third kappa shape index (κ3) is 7.03. The summed E-state index contributed by atoms with van der Waals surface area (Å²) in [5.41, 5.74) is 2.13. The smallest absolute Gasteiger partial charge is 0.237 e. The Labute approximate surface area is 196 Å². The fraction of sp³-hybridized carbons (Fsp3) is 0.167. The maximum atomic E-state index is 12.8. The summed E-state index contributed by atoms with van der Waals surface area (Å²) in [5, 5.41) is 6.37. The zero-order chi connectivity index (χ0) is 22.2. The second-order valence-electron chi connectivity index (χ2n) is 6.87. The minimum absolute atomic E-state index is 0.0891. The van der Waals surface area contributed by atoms with Crippen LogP contribution in [0.5, 0.6) is 0 Å². The zero-order valence-electron chi connectivity index (χ0n) is 16.9. The number of halogens is 2. The number of carbonyl (C=O) groups is 2. The summed E-state index contributed by atoms with van der Waals surface area (Å²) in [6, 6.07) is 22.0. The van der Waals surface area contributed by atoms with E-state index in [1.54, 1.807) is 18.2 Å². The van der Waals surface area contributed by atoms with Crippen LogP contribution in [0.2, 0.25) is 10.0 Å². The number of carbonyl (C=O) groups excluding carboxylic acids is 2. The summed E-state index contributed by atoms with van der Waals surface area (Å²) in [5.74, 6) is -0.246. The van der Waals surface area contributed by atoms with Crippen LogP contribution in [0.1, 0.15) is 18.9 Å². The summed E-state index contributed by atoms with van der Waals surface area (Å²) in [6.45, 7) is 1.95. The van der Waals surface area contributed by atoms with Crippen molar-refractivity contribution in [2.75, 3.05) is 10.6 Å². The van der Waals surface area contributed by atoms with Crippen molar-refractivity contribution in [2.24, 2.45) is 0 Å². The van der Waals surface area contributed by atoms with E-state index in [4.69, 9.17) is 23.2 Å². The van der Waals surface area contributed by atoms with Gasteiger partial charge in [0.15, 0.2) is 0 Å². The Balaban J connectivity index is 1.63. The highest BCUT2D eigenvalue weighted by Crippen LogP contribution is 2.30. The maximum absolute atomic E-state index is 12.8. The van der Waals surface area contributed by atoms with Gasteiger partial charge in [0.25, 0.3) is 0 Å². The van der Waals surface area contributed by atoms with Crippen molar-refractivity contribution in [1.29, 1.82) is 0 Å². The Morgan fingerprint density at radius 3 is 2.45 bits per heavy atom. The minimum atomic E-state index is -0.328. The van der Waals surface area contributed by atoms with Gasteiger partial charge in [0, 0.05) is 15.6 Å². The number of anilines is 2. The van der Waals surface area contributed by atoms with Crippen LogP contribution in [0.3, 0.4) is 0 Å². The van der Waals surface area contributed by atoms with Crippen LogP contribution in [0.15, 0.2) is 77.7 Å². The minimum Gasteiger partial charge on any atom is -0.326 e. The van der Waals surface area contributed by atoms with Gasteiger partial charge in [-0.15, -0.1) is 11.8 Å². The van der Waals surface area contributed by atoms with E-state index in [1.165, 1.54) is 11.8 Å². The van der Waals surface area contributed by atoms with E-state index in [-0.39, 0.29) is 17.1 Å². The fourth-order valence-electron chi connectivity index (χ4n) is 2.93. The van der Waals surface area contributed by atoms with Crippen LogP contribution in [-0.2, 0) is 16.0 Å². The molecule has 0 aromatic heterocycles. The van der Waals surface area contributed by atoms with Crippen LogP contribution in [-0.4, -0.2) is 17.1 Å². The molecule has 0 saturated carbocycles. The third-order valence-electron chi connectivity index (χ3n) is 4.45. The van der Waals surface area contributed by atoms with Crippen molar-refractivity contribution in [1.82, 2.24) is 0 Å². The molecule has 1 unspecified atom stereocenters. The highest BCUT2D eigenvalue weighted by molar-refractivity contribution is 8.00. The van der Waals surface area contributed by atoms with E-state index in [2.05, 4.69) is 10.6 Å². The SMILES string of the molecule is CCC(Sc1cccc(NC(=O)Cc2ccccc2)c1)C(=O)Nc1cc(Cl)ccc1Cl. The van der Waals surface area contributed by atoms with Gasteiger partial charge >= 0.3 is 0 Å². The lowest BCUT2D eigenvalue weighted by atomic mass is 10.1. The van der Waals surface area contributed by atoms with Crippen molar-refractivity contribution in [3.8, 4) is 0 Å². The Hall–Kier alpha value is -2.47. The van der Waals surface area contributed by atoms with E-state index < -0.39 is 0 Å². The zero-order valence-corrected chi connectivity index (χ0v) is 19.2. The monoisotopic (exact) mass is 472 g/mol. The number of thioether (sulfide) groups is 1. The molecule has 31 heavy (non-hydrogen) atoms. The van der Waals surface area contributed by atoms with Gasteiger partial charge in [-0.3, -0.25) is 9.59 Å². The highest BCUT2D eigenvalue weighted by atomic mass is 35.5. The molecule has 0 heterocycles. The lowest BCUT2D eigenvalue weighted by molar-refractivity contribution is -0.116. The lowest BCUT2D eigenvalue weighted by Gasteiger charge is -2.16. The summed E-state index contributed by atoms with van der Waals surface area (Å²) in [6.07, 6.45) is 0.928. The molecular formula is C24H22Cl2N2O2S. The van der Waals surface area contributed by atoms with Gasteiger partial charge in [-0.05, 0) is 48.4 Å². The standard InChI is InChI=1S/C24H22Cl2N2O2S/c1-2-22(24(30)28-21-14-17(25)11-12-20(21)26)31-19-10-6-9-18(15-19)27-23(29)13-16-7-4-3-5-8-16/h3-12,14-15,22H,2,13H2,1H3,(H,27,29)(H,28,30). The molecule has 7 heteroatoms. The second-order valence-corrected chi connectivity index (χ2v) is 8.99. The average molecular weight is 473 g/mol. The van der Waals surface area contributed by atoms with E-state index in [0.29, 0.717) is 34.3 Å². The molecule has 0 radical (unpaired) electrons. The number of hydrogen-bond acceptors (Lipinski definition) is 3. The quantitative estimate of drug-likeness (QED) is 0.359. The number of hydrogen-bond donors (Lipinski definition) is 2. The Bertz CT molecular complexity index is 1060. The van der Waals surface area contributed by atoms with E-state index >= 15 is 0 Å². The average Bonchev–Trinajstić information content (AvgIpc) is 2.75. The van der Waals surface area contributed by atoms with Crippen LogP contribution in [0.4, 0.5) is 11.4 Å². The first-order valence-electron chi connectivity index (χ1n) is 9.81. The Morgan fingerprint density at radius 2 is 1.71 bits per heavy atom. The second kappa shape index (κ2) is 11.2. The predicted octanol–water partition coefficient (Wildman–Crippen LogP) is 6.68. The van der Waals surface area contributed by atoms with Crippen molar-refractivity contribution in [2.45, 2.75) is 29.9 Å². The van der Waals surface area contributed by atoms with Gasteiger partial charge in [0.2, 0.25) is 11.8 Å². The molecule has 0 aliphatic carbocycles. The van der Waals surface area contributed by atoms with Gasteiger partial charge in [0.1, 0.15) is 0 Å². The molecule has 2 N–H and O–H groups in total. The Morgan fingerprint density at radius 1 is 0.935 bits per heavy atom. The van der Waals surface area contributed by atoms with Crippen LogP contribution in [0, 0.1) is 0 Å². The maximum Gasteiger partial charge on any atom is 0.237 e. The number of nitrogens with one attached hydrogen (secondary N) is 2. The molecule has 0 aliphatic heterocycles. The highest BCUT2D eigenvalue weighted by Gasteiger charge is 2.19. The Kier molecular flexibility index (Phi) is 8.41. The molecule has 3 aromatic rings. The summed E-state index contributed by atoms with van der Waals surface area (Å²) in [7, 11) is 0. The van der Waals surface area contributed by atoms with Crippen LogP contribution >= 0.6 is 35.0 Å². The normalized spacial score (nSPS) is 11.6. The first-order chi connectivity index (χ1) is 14.9. The molecule has 0 spiro atoms. The molecule has 160 valence electrons. The molecule has 0 aliphatic rings. The van der Waals surface area contributed by atoms with E-state index in [1.807, 2.05) is 61.5 Å². The fourth-order valence-corrected chi connectivity index (χ4v) is 4.28. The molecule has 3 rings (SSSR count). The molecular weight excluding hydrogens is 451 g/mol. The molecule has 4 nitrogen and oxygen atoms in total. The van der Waals surface area contributed by atoms with Crippen LogP contribution < -0.4 is 10.6 Å². The largest absolute Gasteiger partial charge is 0.326 e. The van der Waals surface area contributed by atoms with Gasteiger partial charge in [-0.1, -0.05) is 66.5 Å². The molecule has 0 bridgehead atoms. The van der Waals surface area contributed by atoms with Gasteiger partial charge in [-0.25, -0.2) is 0 Å². The lowest BCUT2D eigenvalue weighted by Crippen LogP contribution is -2.24. The molecule has 1 atom stereocenters. The third-order valence-corrected chi connectivity index (χ3v) is 6.38. The van der Waals surface area contributed by atoms with E-state index in [9.17, 15) is 9.59 Å². The van der Waals surface area contributed by atoms with Gasteiger partial charge in [-0.2, -0.15) is 0 Å². The van der Waals surface area contributed by atoms with Crippen molar-refractivity contribution < 1.29 is 9.59 Å². The van der Waals surface area contributed by atoms with Crippen molar-refractivity contribution >= 4 is 58.2 Å². The summed E-state index contributed by atoms with van der Waals surface area (Å²) >= 11 is 13.6. The van der Waals surface area contributed by atoms with Crippen molar-refractivity contribution in [3.63, 3.8) is 0 Å². The molecule has 0 saturated heterocycles. The summed E-state index contributed by atoms with van der Waals surface area (Å²) in [4.78, 5) is 26.0. The van der Waals surface area contributed by atoms with Gasteiger partial charge in [0.05, 0.1) is 22.4 Å².